The van der Waals surface area contributed by atoms with E-state index in [9.17, 15) is 18.4 Å². The first-order valence-electron chi connectivity index (χ1n) is 10.9. The van der Waals surface area contributed by atoms with E-state index in [1.807, 2.05) is 30.2 Å². The van der Waals surface area contributed by atoms with Crippen molar-refractivity contribution in [3.8, 4) is 11.1 Å². The molecule has 3 aromatic carbocycles. The van der Waals surface area contributed by atoms with Crippen LogP contribution in [0, 0.1) is 11.6 Å². The van der Waals surface area contributed by atoms with Crippen LogP contribution in [0.15, 0.2) is 84.9 Å². The van der Waals surface area contributed by atoms with E-state index in [0.717, 1.165) is 30.6 Å². The molecule has 0 radical (unpaired) electrons. The minimum Gasteiger partial charge on any atom is -0.478 e. The summed E-state index contributed by atoms with van der Waals surface area (Å²) in [6, 6.07) is 20.9. The summed E-state index contributed by atoms with van der Waals surface area (Å²) in [5.41, 5.74) is 3.60. The molecule has 0 unspecified atom stereocenters. The van der Waals surface area contributed by atoms with Crippen LogP contribution < -0.4 is 0 Å². The van der Waals surface area contributed by atoms with E-state index in [4.69, 9.17) is 15.1 Å². The number of nitrogens with zero attached hydrogens (tertiary/aromatic N) is 1. The number of rotatable bonds is 10. The lowest BCUT2D eigenvalue weighted by atomic mass is 10.00. The summed E-state index contributed by atoms with van der Waals surface area (Å²) in [7, 11) is 0. The predicted molar refractivity (Wildman–Crippen MR) is 128 cm³/mol. The van der Waals surface area contributed by atoms with E-state index in [0.29, 0.717) is 24.3 Å². The molecule has 0 aliphatic heterocycles. The average molecular weight is 484 g/mol. The molecule has 0 aromatic heterocycles. The molecule has 3 rings (SSSR count). The van der Waals surface area contributed by atoms with Gasteiger partial charge >= 0.3 is 11.9 Å². The zero-order valence-corrected chi connectivity index (χ0v) is 19.2. The highest BCUT2D eigenvalue weighted by Gasteiger charge is 2.10. The number of hydroxylamine groups is 2. The number of benzene rings is 3. The molecule has 0 heterocycles. The number of hydrogen-bond acceptors (Lipinski definition) is 4. The Hall–Kier alpha value is -3.88. The highest BCUT2D eigenvalue weighted by Crippen LogP contribution is 2.26. The van der Waals surface area contributed by atoms with E-state index in [2.05, 4.69) is 12.1 Å². The van der Waals surface area contributed by atoms with Crippen LogP contribution in [0.3, 0.4) is 0 Å². The number of carboxylic acids is 2. The van der Waals surface area contributed by atoms with Gasteiger partial charge in [-0.05, 0) is 52.9 Å². The molecule has 3 aromatic rings. The van der Waals surface area contributed by atoms with Gasteiger partial charge in [0, 0.05) is 25.2 Å². The second-order valence-corrected chi connectivity index (χ2v) is 7.35. The van der Waals surface area contributed by atoms with Crippen molar-refractivity contribution in [3.05, 3.63) is 108 Å². The van der Waals surface area contributed by atoms with Gasteiger partial charge in [-0.15, -0.1) is 0 Å². The van der Waals surface area contributed by atoms with E-state index in [-0.39, 0.29) is 11.6 Å². The maximum Gasteiger partial charge on any atom is 0.328 e. The average Bonchev–Trinajstić information content (AvgIpc) is 2.85. The van der Waals surface area contributed by atoms with Crippen molar-refractivity contribution in [2.75, 3.05) is 13.1 Å². The van der Waals surface area contributed by atoms with Crippen LogP contribution in [0.2, 0.25) is 0 Å². The van der Waals surface area contributed by atoms with Gasteiger partial charge in [0.05, 0.1) is 6.61 Å². The van der Waals surface area contributed by atoms with Crippen molar-refractivity contribution < 1.29 is 33.4 Å². The van der Waals surface area contributed by atoms with Crippen LogP contribution in [0.25, 0.3) is 11.1 Å². The quantitative estimate of drug-likeness (QED) is 0.299. The number of hydrogen-bond donors (Lipinski definition) is 2. The molecular formula is C27H27F2NO5. The molecule has 0 spiro atoms. The second-order valence-electron chi connectivity index (χ2n) is 7.35. The molecule has 0 bridgehead atoms. The summed E-state index contributed by atoms with van der Waals surface area (Å²) >= 11 is 0. The first-order valence-corrected chi connectivity index (χ1v) is 10.9. The Morgan fingerprint density at radius 1 is 0.886 bits per heavy atom. The highest BCUT2D eigenvalue weighted by molar-refractivity contribution is 5.89. The van der Waals surface area contributed by atoms with Crippen LogP contribution in [0.1, 0.15) is 18.1 Å². The topological polar surface area (TPSA) is 87.1 Å². The third-order valence-corrected chi connectivity index (χ3v) is 4.84. The molecule has 0 saturated carbocycles. The van der Waals surface area contributed by atoms with Gasteiger partial charge in [0.1, 0.15) is 11.6 Å². The van der Waals surface area contributed by atoms with Crippen LogP contribution in [-0.4, -0.2) is 40.3 Å². The summed E-state index contributed by atoms with van der Waals surface area (Å²) in [5, 5.41) is 17.5. The number of carboxylic acid groups (broad SMARTS) is 2. The molecule has 0 aliphatic carbocycles. The van der Waals surface area contributed by atoms with Crippen molar-refractivity contribution in [1.82, 2.24) is 5.06 Å². The highest BCUT2D eigenvalue weighted by atomic mass is 19.1. The Morgan fingerprint density at radius 2 is 1.49 bits per heavy atom. The summed E-state index contributed by atoms with van der Waals surface area (Å²) in [4.78, 5) is 25.1. The lowest BCUT2D eigenvalue weighted by Crippen LogP contribution is -2.26. The molecule has 0 fully saturated rings. The summed E-state index contributed by atoms with van der Waals surface area (Å²) in [5.74, 6) is -3.15. The Bertz CT molecular complexity index is 1100. The van der Waals surface area contributed by atoms with Crippen LogP contribution >= 0.6 is 0 Å². The van der Waals surface area contributed by atoms with Gasteiger partial charge in [0.15, 0.2) is 0 Å². The maximum absolute atomic E-state index is 13.8. The minimum atomic E-state index is -1.26. The summed E-state index contributed by atoms with van der Waals surface area (Å²) in [6.45, 7) is 3.89. The molecule has 184 valence electrons. The van der Waals surface area contributed by atoms with Gasteiger partial charge in [0.2, 0.25) is 0 Å². The molecule has 2 N–H and O–H groups in total. The number of likely N-dealkylation sites (N-methyl/N-ethyl adjacent to an activating group) is 1. The molecule has 0 aliphatic rings. The van der Waals surface area contributed by atoms with Gasteiger partial charge in [-0.1, -0.05) is 55.5 Å². The first kappa shape index (κ1) is 27.4. The fourth-order valence-electron chi connectivity index (χ4n) is 3.09. The van der Waals surface area contributed by atoms with Crippen LogP contribution in [0.4, 0.5) is 8.78 Å². The lowest BCUT2D eigenvalue weighted by Gasteiger charge is -2.21. The largest absolute Gasteiger partial charge is 0.478 e. The van der Waals surface area contributed by atoms with Crippen molar-refractivity contribution in [2.45, 2.75) is 20.0 Å². The van der Waals surface area contributed by atoms with Gasteiger partial charge < -0.3 is 10.2 Å². The van der Waals surface area contributed by atoms with Crippen LogP contribution in [-0.2, 0) is 27.5 Å². The lowest BCUT2D eigenvalue weighted by molar-refractivity contribution is -0.165. The molecule has 35 heavy (non-hydrogen) atoms. The number of carbonyl (C=O) groups is 2. The van der Waals surface area contributed by atoms with Crippen LogP contribution in [0.5, 0.6) is 0 Å². The normalized spacial score (nSPS) is 10.7. The molecule has 0 atom stereocenters. The van der Waals surface area contributed by atoms with E-state index in [1.54, 1.807) is 18.2 Å². The van der Waals surface area contributed by atoms with E-state index < -0.39 is 11.9 Å². The van der Waals surface area contributed by atoms with Crippen molar-refractivity contribution in [3.63, 3.8) is 0 Å². The van der Waals surface area contributed by atoms with Gasteiger partial charge in [-0.2, -0.15) is 5.06 Å². The fraction of sp³-hybridized carbons (Fsp3) is 0.185. The zero-order chi connectivity index (χ0) is 25.6. The van der Waals surface area contributed by atoms with Gasteiger partial charge in [0.25, 0.3) is 0 Å². The minimum absolute atomic E-state index is 0.314. The molecule has 0 saturated heterocycles. The molecule has 0 amide bonds. The van der Waals surface area contributed by atoms with Gasteiger partial charge in [-0.25, -0.2) is 18.4 Å². The Balaban J connectivity index is 0.000000466. The van der Waals surface area contributed by atoms with E-state index >= 15 is 0 Å². The molecule has 6 nitrogen and oxygen atoms in total. The Kier molecular flexibility index (Phi) is 11.3. The zero-order valence-electron chi connectivity index (χ0n) is 19.2. The first-order chi connectivity index (χ1) is 16.8. The number of halogens is 2. The molecular weight excluding hydrogens is 456 g/mol. The molecule has 8 heteroatoms. The van der Waals surface area contributed by atoms with Crippen molar-refractivity contribution in [1.29, 1.82) is 0 Å². The summed E-state index contributed by atoms with van der Waals surface area (Å²) < 4.78 is 27.0. The second kappa shape index (κ2) is 14.4. The predicted octanol–water partition coefficient (Wildman–Crippen LogP) is 5.34. The third-order valence-electron chi connectivity index (χ3n) is 4.84. The standard InChI is InChI=1S/C23H23F2NO.C4H4O4/c1-2-26(15-14-18-6-4-3-5-7-18)27-17-20-10-13-22(25)16-23(20)19-8-11-21(24)12-9-19;5-3(6)1-2-4(7)8/h3-13,16H,2,14-15,17H2,1H3;1-2H,(H,5,6)(H,7,8)/b;2-1-. The van der Waals surface area contributed by atoms with Crippen molar-refractivity contribution >= 4 is 11.9 Å². The number of aliphatic carboxylic acids is 2. The fourth-order valence-corrected chi connectivity index (χ4v) is 3.09. The third kappa shape index (κ3) is 10.3. The Morgan fingerprint density at radius 3 is 2.06 bits per heavy atom. The maximum atomic E-state index is 13.8. The van der Waals surface area contributed by atoms with Crippen molar-refractivity contribution in [2.24, 2.45) is 0 Å². The van der Waals surface area contributed by atoms with Gasteiger partial charge in [-0.3, -0.25) is 4.84 Å². The summed E-state index contributed by atoms with van der Waals surface area (Å²) in [6.07, 6.45) is 2.01. The SMILES string of the molecule is CCN(CCc1ccccc1)OCc1ccc(F)cc1-c1ccc(F)cc1.O=C(O)/C=C\C(=O)O. The Labute approximate surface area is 202 Å². The monoisotopic (exact) mass is 483 g/mol. The smallest absolute Gasteiger partial charge is 0.328 e. The van der Waals surface area contributed by atoms with E-state index in [1.165, 1.54) is 29.8 Å².